The first-order valence-corrected chi connectivity index (χ1v) is 16.0. The van der Waals surface area contributed by atoms with Gasteiger partial charge in [0.1, 0.15) is 18.6 Å². The molecule has 2 amide bonds. The summed E-state index contributed by atoms with van der Waals surface area (Å²) in [5.74, 6) is -1.72. The largest absolute Gasteiger partial charge is 0.479 e. The second-order valence-corrected chi connectivity index (χ2v) is 10.9. The van der Waals surface area contributed by atoms with Crippen molar-refractivity contribution in [1.82, 2.24) is 10.2 Å². The minimum Gasteiger partial charge on any atom is -0.479 e. The molecule has 0 radical (unpaired) electrons. The molecule has 0 bridgehead atoms. The molecule has 1 aliphatic heterocycles. The Hall–Kier alpha value is -3.89. The van der Waals surface area contributed by atoms with Crippen LogP contribution < -0.4 is 10.1 Å². The fourth-order valence-electron chi connectivity index (χ4n) is 4.41. The van der Waals surface area contributed by atoms with E-state index in [0.29, 0.717) is 70.2 Å². The lowest BCUT2D eigenvalue weighted by molar-refractivity contribution is -0.195. The third-order valence-corrected chi connectivity index (χ3v) is 7.04. The zero-order valence-electron chi connectivity index (χ0n) is 27.6. The number of carboxylic acid groups (broad SMARTS) is 1. The first-order chi connectivity index (χ1) is 23.1. The number of aliphatic hydroxyl groups is 1. The number of carboxylic acids is 1. The van der Waals surface area contributed by atoms with Gasteiger partial charge in [0, 0.05) is 64.1 Å². The minimum atomic E-state index is -1.17. The summed E-state index contributed by atoms with van der Waals surface area (Å²) >= 11 is 0. The van der Waals surface area contributed by atoms with Crippen LogP contribution in [0.4, 0.5) is 0 Å². The number of benzene rings is 1. The molecule has 1 aliphatic rings. The molecule has 1 aromatic rings. The summed E-state index contributed by atoms with van der Waals surface area (Å²) in [4.78, 5) is 58.3. The van der Waals surface area contributed by atoms with Gasteiger partial charge in [0.05, 0.1) is 39.1 Å². The molecular weight excluding hydrogens is 632 g/mol. The number of hydrogen-bond donors (Lipinski definition) is 3. The first-order valence-electron chi connectivity index (χ1n) is 16.0. The molecular formula is C33H48N2O13. The van der Waals surface area contributed by atoms with Crippen LogP contribution in [0.25, 0.3) is 0 Å². The van der Waals surface area contributed by atoms with E-state index in [1.807, 2.05) is 12.1 Å². The lowest BCUT2D eigenvalue weighted by atomic mass is 10.0. The quantitative estimate of drug-likeness (QED) is 0.0610. The molecule has 3 N–H and O–H groups in total. The van der Waals surface area contributed by atoms with E-state index in [-0.39, 0.29) is 56.6 Å². The van der Waals surface area contributed by atoms with Crippen molar-refractivity contribution in [1.29, 1.82) is 0 Å². The molecule has 15 heteroatoms. The Kier molecular flexibility index (Phi) is 19.7. The van der Waals surface area contributed by atoms with Crippen LogP contribution >= 0.6 is 0 Å². The number of hydrogen-bond acceptors (Lipinski definition) is 12. The maximum Gasteiger partial charge on any atom is 0.333 e. The standard InChI is InChI=1S/C33H48N2O13/c1-3-31(40)46-23-25-20-24(8-9-27(25)47-32-22-26(37)21-28(48-32)33(41)42)6-5-14-43-16-18-45-19-17-44-15-11-34-29(38)10-12-35(2)30(39)7-4-13-36/h4,7-9,13,20,26,28,32,37H,3,5-6,10-12,14-19,21-23H2,1-2H3,(H,34,38)(H,41,42)/b7-4-. The third kappa shape index (κ3) is 16.8. The molecule has 1 saturated heterocycles. The van der Waals surface area contributed by atoms with Gasteiger partial charge in [-0.2, -0.15) is 0 Å². The number of nitrogens with zero attached hydrogens (tertiary/aromatic N) is 1. The van der Waals surface area contributed by atoms with Gasteiger partial charge >= 0.3 is 11.9 Å². The Balaban J connectivity index is 1.59. The number of nitrogens with one attached hydrogen (secondary N) is 1. The number of aldehydes is 1. The van der Waals surface area contributed by atoms with E-state index in [0.717, 1.165) is 24.1 Å². The lowest BCUT2D eigenvalue weighted by Gasteiger charge is -2.31. The highest BCUT2D eigenvalue weighted by Gasteiger charge is 2.34. The summed E-state index contributed by atoms with van der Waals surface area (Å²) in [6.45, 7) is 4.60. The minimum absolute atomic E-state index is 0.0165. The summed E-state index contributed by atoms with van der Waals surface area (Å²) < 4.78 is 33.3. The number of carbonyl (C=O) groups is 5. The van der Waals surface area contributed by atoms with Gasteiger partial charge in [-0.05, 0) is 36.6 Å². The van der Waals surface area contributed by atoms with Crippen molar-refractivity contribution >= 4 is 30.0 Å². The van der Waals surface area contributed by atoms with Crippen molar-refractivity contribution in [3.63, 3.8) is 0 Å². The number of ether oxygens (including phenoxy) is 6. The monoisotopic (exact) mass is 680 g/mol. The molecule has 2 rings (SSSR count). The van der Waals surface area contributed by atoms with Crippen LogP contribution in [0, 0.1) is 0 Å². The number of amides is 2. The summed E-state index contributed by atoms with van der Waals surface area (Å²) in [5, 5.41) is 22.1. The Bertz CT molecular complexity index is 1190. The predicted molar refractivity (Wildman–Crippen MR) is 170 cm³/mol. The van der Waals surface area contributed by atoms with E-state index >= 15 is 0 Å². The predicted octanol–water partition coefficient (Wildman–Crippen LogP) is 1.17. The second kappa shape index (κ2) is 23.4. The average Bonchev–Trinajstić information content (AvgIpc) is 3.07. The average molecular weight is 681 g/mol. The highest BCUT2D eigenvalue weighted by atomic mass is 16.7. The molecule has 15 nitrogen and oxygen atoms in total. The fraction of sp³-hybridized carbons (Fsp3) is 0.606. The van der Waals surface area contributed by atoms with Crippen LogP contribution in [0.15, 0.2) is 30.4 Å². The second-order valence-electron chi connectivity index (χ2n) is 10.9. The number of aryl methyl sites for hydroxylation is 1. The first kappa shape index (κ1) is 40.3. The van der Waals surface area contributed by atoms with Crippen molar-refractivity contribution in [2.24, 2.45) is 0 Å². The molecule has 3 atom stereocenters. The van der Waals surface area contributed by atoms with E-state index in [1.54, 1.807) is 20.0 Å². The number of aliphatic hydroxyl groups excluding tert-OH is 1. The molecule has 1 aromatic carbocycles. The summed E-state index contributed by atoms with van der Waals surface area (Å²) in [6.07, 6.45) is 1.63. The zero-order chi connectivity index (χ0) is 35.1. The maximum absolute atomic E-state index is 11.9. The summed E-state index contributed by atoms with van der Waals surface area (Å²) in [6, 6.07) is 5.44. The van der Waals surface area contributed by atoms with Crippen LogP contribution in [0.3, 0.4) is 0 Å². The fourth-order valence-corrected chi connectivity index (χ4v) is 4.41. The molecule has 268 valence electrons. The number of aliphatic carboxylic acids is 1. The van der Waals surface area contributed by atoms with Crippen molar-refractivity contribution in [2.45, 2.75) is 70.6 Å². The SMILES string of the molecule is CCC(=O)OCc1cc(CCCOCCOCCOCCNC(=O)CCN(C)C(=O)/C=C\C=O)ccc1OC1CC(O)CC(C(=O)O)O1. The Morgan fingerprint density at radius 1 is 1.04 bits per heavy atom. The number of likely N-dealkylation sites (N-methyl/N-ethyl adjacent to an activating group) is 1. The number of allylic oxidation sites excluding steroid dienone is 1. The van der Waals surface area contributed by atoms with Crippen molar-refractivity contribution in [3.8, 4) is 5.75 Å². The Morgan fingerprint density at radius 3 is 2.44 bits per heavy atom. The van der Waals surface area contributed by atoms with Gasteiger partial charge < -0.3 is 48.9 Å². The number of carbonyl (C=O) groups excluding carboxylic acids is 4. The Labute approximate surface area is 280 Å². The van der Waals surface area contributed by atoms with Crippen LogP contribution in [0.1, 0.15) is 50.2 Å². The molecule has 48 heavy (non-hydrogen) atoms. The molecule has 0 saturated carbocycles. The van der Waals surface area contributed by atoms with Gasteiger partial charge in [-0.3, -0.25) is 19.2 Å². The van der Waals surface area contributed by atoms with E-state index in [1.165, 1.54) is 4.90 Å². The van der Waals surface area contributed by atoms with E-state index in [4.69, 9.17) is 28.4 Å². The van der Waals surface area contributed by atoms with Gasteiger partial charge in [0.15, 0.2) is 6.10 Å². The van der Waals surface area contributed by atoms with Crippen molar-refractivity contribution in [2.75, 3.05) is 59.8 Å². The summed E-state index contributed by atoms with van der Waals surface area (Å²) in [5.41, 5.74) is 1.57. The van der Waals surface area contributed by atoms with Gasteiger partial charge in [-0.1, -0.05) is 13.0 Å². The van der Waals surface area contributed by atoms with Crippen LogP contribution in [0.2, 0.25) is 0 Å². The van der Waals surface area contributed by atoms with Gasteiger partial charge in [-0.15, -0.1) is 0 Å². The maximum atomic E-state index is 11.9. The third-order valence-electron chi connectivity index (χ3n) is 7.04. The molecule has 0 spiro atoms. The Morgan fingerprint density at radius 2 is 1.75 bits per heavy atom. The highest BCUT2D eigenvalue weighted by Crippen LogP contribution is 2.28. The van der Waals surface area contributed by atoms with E-state index in [9.17, 15) is 34.2 Å². The van der Waals surface area contributed by atoms with Gasteiger partial charge in [0.25, 0.3) is 0 Å². The summed E-state index contributed by atoms with van der Waals surface area (Å²) in [7, 11) is 1.55. The van der Waals surface area contributed by atoms with Crippen molar-refractivity contribution < 1.29 is 62.6 Å². The molecule has 3 unspecified atom stereocenters. The number of esters is 1. The topological polar surface area (TPSA) is 196 Å². The van der Waals surface area contributed by atoms with E-state index in [2.05, 4.69) is 5.32 Å². The van der Waals surface area contributed by atoms with Crippen molar-refractivity contribution in [3.05, 3.63) is 41.5 Å². The molecule has 1 heterocycles. The normalized spacial score (nSPS) is 17.5. The van der Waals surface area contributed by atoms with E-state index < -0.39 is 24.5 Å². The van der Waals surface area contributed by atoms with Gasteiger partial charge in [0.2, 0.25) is 18.1 Å². The number of rotatable bonds is 24. The van der Waals surface area contributed by atoms with Gasteiger partial charge in [-0.25, -0.2) is 4.79 Å². The molecule has 1 fully saturated rings. The molecule has 0 aliphatic carbocycles. The van der Waals surface area contributed by atoms with Crippen LogP contribution in [-0.2, 0) is 60.7 Å². The highest BCUT2D eigenvalue weighted by molar-refractivity contribution is 5.91. The molecule has 0 aromatic heterocycles. The van der Waals surface area contributed by atoms with Crippen LogP contribution in [0.5, 0.6) is 5.75 Å². The lowest BCUT2D eigenvalue weighted by Crippen LogP contribution is -2.42. The van der Waals surface area contributed by atoms with Crippen LogP contribution in [-0.4, -0.2) is 123 Å². The smallest absolute Gasteiger partial charge is 0.333 e. The zero-order valence-corrected chi connectivity index (χ0v) is 27.6.